The molecule has 0 spiro atoms. The molecule has 3 heteroatoms. The van der Waals surface area contributed by atoms with Crippen LogP contribution < -0.4 is 9.47 Å². The number of rotatable bonds is 4. The summed E-state index contributed by atoms with van der Waals surface area (Å²) >= 11 is 0. The minimum atomic E-state index is 0.211. The SMILES string of the molecule is CCOc1ccccc1-c1cc(OC)ccc1O. The molecule has 0 heterocycles. The molecule has 0 aliphatic heterocycles. The molecule has 0 saturated heterocycles. The quantitative estimate of drug-likeness (QED) is 0.895. The monoisotopic (exact) mass is 244 g/mol. The summed E-state index contributed by atoms with van der Waals surface area (Å²) in [5.41, 5.74) is 1.56. The highest BCUT2D eigenvalue weighted by Gasteiger charge is 2.10. The van der Waals surface area contributed by atoms with Crippen molar-refractivity contribution in [2.24, 2.45) is 0 Å². The molecule has 2 aromatic carbocycles. The zero-order chi connectivity index (χ0) is 13.0. The van der Waals surface area contributed by atoms with Gasteiger partial charge in [0.25, 0.3) is 0 Å². The predicted octanol–water partition coefficient (Wildman–Crippen LogP) is 3.47. The topological polar surface area (TPSA) is 38.7 Å². The number of para-hydroxylation sites is 1. The molecule has 0 aliphatic carbocycles. The Kier molecular flexibility index (Phi) is 3.72. The number of ether oxygens (including phenoxy) is 2. The van der Waals surface area contributed by atoms with Crippen LogP contribution in [-0.2, 0) is 0 Å². The maximum Gasteiger partial charge on any atom is 0.127 e. The molecule has 2 aromatic rings. The summed E-state index contributed by atoms with van der Waals surface area (Å²) in [6, 6.07) is 12.8. The lowest BCUT2D eigenvalue weighted by molar-refractivity contribution is 0.341. The van der Waals surface area contributed by atoms with Crippen molar-refractivity contribution in [3.05, 3.63) is 42.5 Å². The largest absolute Gasteiger partial charge is 0.507 e. The molecule has 0 unspecified atom stereocenters. The zero-order valence-corrected chi connectivity index (χ0v) is 10.5. The number of hydrogen-bond acceptors (Lipinski definition) is 3. The van der Waals surface area contributed by atoms with Crippen molar-refractivity contribution in [3.63, 3.8) is 0 Å². The van der Waals surface area contributed by atoms with Crippen LogP contribution >= 0.6 is 0 Å². The van der Waals surface area contributed by atoms with Crippen molar-refractivity contribution < 1.29 is 14.6 Å². The van der Waals surface area contributed by atoms with Gasteiger partial charge in [0, 0.05) is 11.1 Å². The van der Waals surface area contributed by atoms with Crippen LogP contribution in [0.5, 0.6) is 17.2 Å². The Bertz CT molecular complexity index is 535. The Balaban J connectivity index is 2.53. The molecule has 3 nitrogen and oxygen atoms in total. The second kappa shape index (κ2) is 5.45. The van der Waals surface area contributed by atoms with Crippen molar-refractivity contribution in [1.82, 2.24) is 0 Å². The first kappa shape index (κ1) is 12.3. The summed E-state index contributed by atoms with van der Waals surface area (Å²) in [6.45, 7) is 2.52. The number of methoxy groups -OCH3 is 1. The normalized spacial score (nSPS) is 10.1. The summed E-state index contributed by atoms with van der Waals surface area (Å²) < 4.78 is 10.7. The van der Waals surface area contributed by atoms with E-state index in [1.165, 1.54) is 0 Å². The second-order valence-corrected chi connectivity index (χ2v) is 3.81. The van der Waals surface area contributed by atoms with Crippen molar-refractivity contribution in [2.75, 3.05) is 13.7 Å². The Morgan fingerprint density at radius 1 is 1.06 bits per heavy atom. The first-order valence-electron chi connectivity index (χ1n) is 5.85. The molecule has 0 saturated carbocycles. The van der Waals surface area contributed by atoms with Crippen molar-refractivity contribution >= 4 is 0 Å². The molecule has 94 valence electrons. The van der Waals surface area contributed by atoms with Crippen molar-refractivity contribution in [2.45, 2.75) is 6.92 Å². The Morgan fingerprint density at radius 2 is 1.83 bits per heavy atom. The van der Waals surface area contributed by atoms with Crippen LogP contribution in [0.3, 0.4) is 0 Å². The van der Waals surface area contributed by atoms with E-state index in [4.69, 9.17) is 9.47 Å². The molecule has 0 radical (unpaired) electrons. The molecular formula is C15H16O3. The van der Waals surface area contributed by atoms with E-state index < -0.39 is 0 Å². The summed E-state index contributed by atoms with van der Waals surface area (Å²) in [6.07, 6.45) is 0. The molecule has 1 N–H and O–H groups in total. The molecule has 18 heavy (non-hydrogen) atoms. The smallest absolute Gasteiger partial charge is 0.127 e. The van der Waals surface area contributed by atoms with E-state index >= 15 is 0 Å². The number of phenols is 1. The van der Waals surface area contributed by atoms with Gasteiger partial charge in [0.05, 0.1) is 13.7 Å². The fourth-order valence-electron chi connectivity index (χ4n) is 1.83. The Morgan fingerprint density at radius 3 is 2.56 bits per heavy atom. The predicted molar refractivity (Wildman–Crippen MR) is 71.3 cm³/mol. The van der Waals surface area contributed by atoms with E-state index in [1.54, 1.807) is 25.3 Å². The van der Waals surface area contributed by atoms with Gasteiger partial charge in [-0.15, -0.1) is 0 Å². The first-order valence-corrected chi connectivity index (χ1v) is 5.85. The van der Waals surface area contributed by atoms with E-state index in [1.807, 2.05) is 31.2 Å². The van der Waals surface area contributed by atoms with E-state index in [0.29, 0.717) is 17.9 Å². The minimum absolute atomic E-state index is 0.211. The van der Waals surface area contributed by atoms with Crippen LogP contribution in [0.2, 0.25) is 0 Å². The van der Waals surface area contributed by atoms with Crippen LogP contribution in [0, 0.1) is 0 Å². The number of benzene rings is 2. The van der Waals surface area contributed by atoms with E-state index in [9.17, 15) is 5.11 Å². The average molecular weight is 244 g/mol. The van der Waals surface area contributed by atoms with Gasteiger partial charge < -0.3 is 14.6 Å². The van der Waals surface area contributed by atoms with Crippen LogP contribution in [0.4, 0.5) is 0 Å². The maximum absolute atomic E-state index is 9.97. The molecular weight excluding hydrogens is 228 g/mol. The molecule has 0 amide bonds. The highest BCUT2D eigenvalue weighted by atomic mass is 16.5. The lowest BCUT2D eigenvalue weighted by atomic mass is 10.0. The molecule has 2 rings (SSSR count). The lowest BCUT2D eigenvalue weighted by Crippen LogP contribution is -1.94. The highest BCUT2D eigenvalue weighted by molar-refractivity contribution is 5.76. The van der Waals surface area contributed by atoms with Gasteiger partial charge in [0.15, 0.2) is 0 Å². The summed E-state index contributed by atoms with van der Waals surface area (Å²) in [5.74, 6) is 1.67. The van der Waals surface area contributed by atoms with Gasteiger partial charge in [0.1, 0.15) is 17.2 Å². The summed E-state index contributed by atoms with van der Waals surface area (Å²) in [4.78, 5) is 0. The fraction of sp³-hybridized carbons (Fsp3) is 0.200. The van der Waals surface area contributed by atoms with E-state index in [0.717, 1.165) is 11.3 Å². The van der Waals surface area contributed by atoms with E-state index in [2.05, 4.69) is 0 Å². The molecule has 0 aromatic heterocycles. The van der Waals surface area contributed by atoms with Crippen LogP contribution in [0.25, 0.3) is 11.1 Å². The third kappa shape index (κ3) is 2.40. The Labute approximate surface area is 107 Å². The molecule has 0 aliphatic rings. The number of aromatic hydroxyl groups is 1. The van der Waals surface area contributed by atoms with Crippen LogP contribution in [0.1, 0.15) is 6.92 Å². The third-order valence-electron chi connectivity index (χ3n) is 2.68. The maximum atomic E-state index is 9.97. The highest BCUT2D eigenvalue weighted by Crippen LogP contribution is 2.37. The molecule has 0 fully saturated rings. The van der Waals surface area contributed by atoms with Gasteiger partial charge >= 0.3 is 0 Å². The standard InChI is InChI=1S/C15H16O3/c1-3-18-15-7-5-4-6-12(15)13-10-11(17-2)8-9-14(13)16/h4-10,16H,3H2,1-2H3. The number of phenolic OH excluding ortho intramolecular Hbond substituents is 1. The van der Waals surface area contributed by atoms with E-state index in [-0.39, 0.29) is 5.75 Å². The number of hydrogen-bond donors (Lipinski definition) is 1. The van der Waals surface area contributed by atoms with Gasteiger partial charge in [-0.05, 0) is 31.2 Å². The van der Waals surface area contributed by atoms with Crippen LogP contribution in [0.15, 0.2) is 42.5 Å². The molecule has 0 atom stereocenters. The zero-order valence-electron chi connectivity index (χ0n) is 10.5. The lowest BCUT2D eigenvalue weighted by Gasteiger charge is -2.12. The second-order valence-electron chi connectivity index (χ2n) is 3.81. The third-order valence-corrected chi connectivity index (χ3v) is 2.68. The first-order chi connectivity index (χ1) is 8.76. The van der Waals surface area contributed by atoms with Gasteiger partial charge in [0.2, 0.25) is 0 Å². The summed E-state index contributed by atoms with van der Waals surface area (Å²) in [7, 11) is 1.60. The fourth-order valence-corrected chi connectivity index (χ4v) is 1.83. The van der Waals surface area contributed by atoms with Crippen LogP contribution in [-0.4, -0.2) is 18.8 Å². The van der Waals surface area contributed by atoms with Gasteiger partial charge in [-0.3, -0.25) is 0 Å². The minimum Gasteiger partial charge on any atom is -0.507 e. The van der Waals surface area contributed by atoms with Crippen molar-refractivity contribution in [1.29, 1.82) is 0 Å². The molecule has 0 bridgehead atoms. The Hall–Kier alpha value is -2.16. The average Bonchev–Trinajstić information content (AvgIpc) is 2.41. The van der Waals surface area contributed by atoms with Crippen molar-refractivity contribution in [3.8, 4) is 28.4 Å². The summed E-state index contributed by atoms with van der Waals surface area (Å²) in [5, 5.41) is 9.97. The van der Waals surface area contributed by atoms with Gasteiger partial charge in [-0.1, -0.05) is 18.2 Å². The van der Waals surface area contributed by atoms with Gasteiger partial charge in [-0.25, -0.2) is 0 Å². The van der Waals surface area contributed by atoms with Gasteiger partial charge in [-0.2, -0.15) is 0 Å².